The molecular weight excluding hydrogens is 188 g/mol. The third kappa shape index (κ3) is 3.16. The van der Waals surface area contributed by atoms with Gasteiger partial charge in [-0.15, -0.1) is 19.1 Å². The van der Waals surface area contributed by atoms with Crippen LogP contribution in [0.4, 0.5) is 0 Å². The summed E-state index contributed by atoms with van der Waals surface area (Å²) >= 11 is 4.23. The van der Waals surface area contributed by atoms with Crippen molar-refractivity contribution in [2.45, 2.75) is 11.8 Å². The van der Waals surface area contributed by atoms with Crippen molar-refractivity contribution in [2.24, 2.45) is 0 Å². The van der Waals surface area contributed by atoms with Crippen LogP contribution in [0.2, 0.25) is 0 Å². The molecule has 0 bridgehead atoms. The maximum absolute atomic E-state index is 5.10. The first kappa shape index (κ1) is 10.7. The van der Waals surface area contributed by atoms with Crippen LogP contribution in [0.15, 0.2) is 47.4 Å². The van der Waals surface area contributed by atoms with Crippen LogP contribution in [0.1, 0.15) is 12.5 Å². The predicted molar refractivity (Wildman–Crippen MR) is 65.3 cm³/mol. The molecule has 1 rings (SSSR count). The minimum absolute atomic E-state index is 0.973. The lowest BCUT2D eigenvalue weighted by atomic mass is 10.1. The Morgan fingerprint density at radius 1 is 1.36 bits per heavy atom. The van der Waals surface area contributed by atoms with E-state index in [1.54, 1.807) is 6.08 Å². The normalized spacial score (nSPS) is 11.6. The van der Waals surface area contributed by atoms with Gasteiger partial charge in [0.1, 0.15) is 0 Å². The van der Waals surface area contributed by atoms with Crippen LogP contribution < -0.4 is 0 Å². The number of allylic oxidation sites excluding steroid dienone is 4. The molecule has 1 heteroatoms. The second-order valence-corrected chi connectivity index (χ2v) is 3.44. The van der Waals surface area contributed by atoms with Crippen LogP contribution in [0.25, 0.3) is 5.57 Å². The highest BCUT2D eigenvalue weighted by Gasteiger charge is 1.92. The van der Waals surface area contributed by atoms with Crippen molar-refractivity contribution in [1.29, 1.82) is 0 Å². The molecule has 0 nitrogen and oxygen atoms in total. The molecule has 0 N–H and O–H groups in total. The first-order chi connectivity index (χ1) is 6.74. The maximum atomic E-state index is 5.10. The number of terminal acetylenes is 1. The van der Waals surface area contributed by atoms with E-state index in [0.717, 1.165) is 4.90 Å². The van der Waals surface area contributed by atoms with Gasteiger partial charge in [0.15, 0.2) is 0 Å². The van der Waals surface area contributed by atoms with Gasteiger partial charge in [-0.05, 0) is 36.3 Å². The highest BCUT2D eigenvalue weighted by atomic mass is 32.1. The average molecular weight is 200 g/mol. The van der Waals surface area contributed by atoms with E-state index in [-0.39, 0.29) is 0 Å². The largest absolute Gasteiger partial charge is 0.143 e. The van der Waals surface area contributed by atoms with E-state index in [2.05, 4.69) is 18.5 Å². The molecule has 0 aromatic heterocycles. The van der Waals surface area contributed by atoms with Gasteiger partial charge in [-0.1, -0.05) is 30.2 Å². The van der Waals surface area contributed by atoms with E-state index in [1.165, 1.54) is 11.1 Å². The molecule has 0 aliphatic rings. The molecule has 14 heavy (non-hydrogen) atoms. The minimum Gasteiger partial charge on any atom is -0.143 e. The molecular formula is C13H12S. The molecule has 0 spiro atoms. The quantitative estimate of drug-likeness (QED) is 0.421. The fraction of sp³-hybridized carbons (Fsp3) is 0.0769. The highest BCUT2D eigenvalue weighted by Crippen LogP contribution is 2.15. The van der Waals surface area contributed by atoms with Crippen LogP contribution in [-0.4, -0.2) is 0 Å². The van der Waals surface area contributed by atoms with Gasteiger partial charge in [0.05, 0.1) is 0 Å². The van der Waals surface area contributed by atoms with E-state index < -0.39 is 0 Å². The zero-order chi connectivity index (χ0) is 10.4. The molecule has 0 fully saturated rings. The average Bonchev–Trinajstić information content (AvgIpc) is 2.19. The number of hydrogen-bond donors (Lipinski definition) is 1. The fourth-order valence-electron chi connectivity index (χ4n) is 1.07. The van der Waals surface area contributed by atoms with Crippen LogP contribution in [0, 0.1) is 12.3 Å². The first-order valence-corrected chi connectivity index (χ1v) is 4.77. The molecule has 0 atom stereocenters. The van der Waals surface area contributed by atoms with Gasteiger partial charge in [-0.3, -0.25) is 0 Å². The predicted octanol–water partition coefficient (Wildman–Crippen LogP) is 3.57. The molecule has 0 unspecified atom stereocenters. The molecule has 0 saturated carbocycles. The minimum atomic E-state index is 0.973. The van der Waals surface area contributed by atoms with Gasteiger partial charge >= 0.3 is 0 Å². The van der Waals surface area contributed by atoms with Crippen molar-refractivity contribution in [3.63, 3.8) is 0 Å². The summed E-state index contributed by atoms with van der Waals surface area (Å²) in [7, 11) is 0. The Balaban J connectivity index is 2.85. The lowest BCUT2D eigenvalue weighted by molar-refractivity contribution is 1.44. The summed E-state index contributed by atoms with van der Waals surface area (Å²) in [6.45, 7) is 2.05. The van der Waals surface area contributed by atoms with Crippen LogP contribution in [0.5, 0.6) is 0 Å². The number of rotatable bonds is 2. The van der Waals surface area contributed by atoms with Gasteiger partial charge in [0.2, 0.25) is 0 Å². The lowest BCUT2D eigenvalue weighted by Gasteiger charge is -1.99. The van der Waals surface area contributed by atoms with Crippen molar-refractivity contribution in [2.75, 3.05) is 0 Å². The Hall–Kier alpha value is -1.39. The van der Waals surface area contributed by atoms with Crippen molar-refractivity contribution in [1.82, 2.24) is 0 Å². The summed E-state index contributed by atoms with van der Waals surface area (Å²) in [6.07, 6.45) is 10.6. The Morgan fingerprint density at radius 3 is 2.57 bits per heavy atom. The Morgan fingerprint density at radius 2 is 2.00 bits per heavy atom. The van der Waals surface area contributed by atoms with E-state index >= 15 is 0 Å². The summed E-state index contributed by atoms with van der Waals surface area (Å²) in [5.74, 6) is 2.45. The summed E-state index contributed by atoms with van der Waals surface area (Å²) in [6, 6.07) is 8.02. The van der Waals surface area contributed by atoms with Crippen molar-refractivity contribution < 1.29 is 0 Å². The van der Waals surface area contributed by atoms with Gasteiger partial charge in [-0.2, -0.15) is 0 Å². The third-order valence-corrected chi connectivity index (χ3v) is 2.16. The zero-order valence-electron chi connectivity index (χ0n) is 8.07. The van der Waals surface area contributed by atoms with E-state index in [9.17, 15) is 0 Å². The molecule has 0 aliphatic heterocycles. The topological polar surface area (TPSA) is 0 Å². The van der Waals surface area contributed by atoms with Crippen LogP contribution in [-0.2, 0) is 0 Å². The smallest absolute Gasteiger partial charge is 0.00403 e. The van der Waals surface area contributed by atoms with Crippen LogP contribution in [0.3, 0.4) is 0 Å². The van der Waals surface area contributed by atoms with E-state index in [0.29, 0.717) is 0 Å². The summed E-state index contributed by atoms with van der Waals surface area (Å²) in [5, 5.41) is 0. The zero-order valence-corrected chi connectivity index (χ0v) is 8.96. The fourth-order valence-corrected chi connectivity index (χ4v) is 1.22. The Kier molecular flexibility index (Phi) is 4.10. The number of hydrogen-bond acceptors (Lipinski definition) is 1. The Labute approximate surface area is 90.8 Å². The standard InChI is InChI=1S/C13H12S/c1-3-4-5-6-11(2)12-7-9-13(14)10-8-12/h1,4-10,14H,2H3/b5-4-,11-6+. The van der Waals surface area contributed by atoms with Crippen LogP contribution >= 0.6 is 12.6 Å². The maximum Gasteiger partial charge on any atom is 0.00403 e. The summed E-state index contributed by atoms with van der Waals surface area (Å²) in [5.41, 5.74) is 2.37. The molecule has 1 aromatic carbocycles. The van der Waals surface area contributed by atoms with E-state index in [1.807, 2.05) is 43.3 Å². The monoisotopic (exact) mass is 200 g/mol. The molecule has 0 heterocycles. The van der Waals surface area contributed by atoms with Crippen molar-refractivity contribution in [3.05, 3.63) is 48.1 Å². The second-order valence-electron chi connectivity index (χ2n) is 2.92. The summed E-state index contributed by atoms with van der Waals surface area (Å²) in [4.78, 5) is 0.973. The second kappa shape index (κ2) is 5.36. The number of benzene rings is 1. The first-order valence-electron chi connectivity index (χ1n) is 4.33. The Bertz CT molecular complexity index is 388. The SMILES string of the molecule is C#C/C=C\C=C(/C)c1ccc(S)cc1. The molecule has 1 aromatic rings. The molecule has 0 saturated heterocycles. The van der Waals surface area contributed by atoms with Gasteiger partial charge in [0.25, 0.3) is 0 Å². The lowest BCUT2D eigenvalue weighted by Crippen LogP contribution is -1.77. The van der Waals surface area contributed by atoms with Crippen molar-refractivity contribution in [3.8, 4) is 12.3 Å². The van der Waals surface area contributed by atoms with E-state index in [4.69, 9.17) is 6.42 Å². The molecule has 70 valence electrons. The number of thiol groups is 1. The van der Waals surface area contributed by atoms with Gasteiger partial charge < -0.3 is 0 Å². The third-order valence-electron chi connectivity index (χ3n) is 1.86. The van der Waals surface area contributed by atoms with Gasteiger partial charge in [0, 0.05) is 4.90 Å². The highest BCUT2D eigenvalue weighted by molar-refractivity contribution is 7.80. The van der Waals surface area contributed by atoms with Crippen molar-refractivity contribution >= 4 is 18.2 Å². The molecule has 0 aliphatic carbocycles. The molecule has 0 amide bonds. The van der Waals surface area contributed by atoms with Gasteiger partial charge in [-0.25, -0.2) is 0 Å². The summed E-state index contributed by atoms with van der Waals surface area (Å²) < 4.78 is 0. The molecule has 0 radical (unpaired) electrons.